The number of pyridine rings is 1. The molecule has 0 aliphatic rings. The van der Waals surface area contributed by atoms with Gasteiger partial charge in [0.15, 0.2) is 0 Å². The molecule has 70 valence electrons. The zero-order valence-corrected chi connectivity index (χ0v) is 7.81. The van der Waals surface area contributed by atoms with Crippen LogP contribution < -0.4 is 0 Å². The second-order valence-electron chi connectivity index (χ2n) is 3.09. The van der Waals surface area contributed by atoms with E-state index in [4.69, 9.17) is 5.21 Å². The second-order valence-corrected chi connectivity index (χ2v) is 3.09. The molecular formula is C11H10N2O. The predicted molar refractivity (Wildman–Crippen MR) is 55.7 cm³/mol. The molecule has 0 unspecified atom stereocenters. The van der Waals surface area contributed by atoms with Crippen molar-refractivity contribution in [3.63, 3.8) is 0 Å². The van der Waals surface area contributed by atoms with Gasteiger partial charge in [0.05, 0.1) is 5.71 Å². The fourth-order valence-electron chi connectivity index (χ4n) is 1.49. The number of oxime groups is 1. The van der Waals surface area contributed by atoms with E-state index in [-0.39, 0.29) is 0 Å². The molecule has 3 nitrogen and oxygen atoms in total. The first-order valence-electron chi connectivity index (χ1n) is 4.34. The van der Waals surface area contributed by atoms with E-state index in [0.29, 0.717) is 5.71 Å². The number of nitrogens with zero attached hydrogens (tertiary/aromatic N) is 2. The molecular weight excluding hydrogens is 176 g/mol. The molecule has 0 aliphatic heterocycles. The number of hydrogen-bond acceptors (Lipinski definition) is 3. The molecule has 0 amide bonds. The lowest BCUT2D eigenvalue weighted by Gasteiger charge is -2.03. The van der Waals surface area contributed by atoms with E-state index in [0.717, 1.165) is 16.3 Å². The Kier molecular flexibility index (Phi) is 2.14. The number of benzene rings is 1. The van der Waals surface area contributed by atoms with Crippen molar-refractivity contribution in [2.45, 2.75) is 6.92 Å². The van der Waals surface area contributed by atoms with Crippen LogP contribution in [-0.2, 0) is 0 Å². The molecule has 0 radical (unpaired) electrons. The van der Waals surface area contributed by atoms with Crippen molar-refractivity contribution in [3.8, 4) is 0 Å². The minimum atomic E-state index is 0.613. The van der Waals surface area contributed by atoms with Crippen LogP contribution in [0.4, 0.5) is 0 Å². The Labute approximate surface area is 81.7 Å². The summed E-state index contributed by atoms with van der Waals surface area (Å²) in [7, 11) is 0. The third kappa shape index (κ3) is 1.33. The molecule has 0 saturated carbocycles. The molecule has 14 heavy (non-hydrogen) atoms. The van der Waals surface area contributed by atoms with Gasteiger partial charge in [0.1, 0.15) is 0 Å². The Balaban J connectivity index is 2.77. The van der Waals surface area contributed by atoms with Gasteiger partial charge in [-0.05, 0) is 18.4 Å². The van der Waals surface area contributed by atoms with Crippen molar-refractivity contribution in [1.82, 2.24) is 4.98 Å². The van der Waals surface area contributed by atoms with Gasteiger partial charge in [-0.2, -0.15) is 0 Å². The molecule has 1 N–H and O–H groups in total. The van der Waals surface area contributed by atoms with Crippen LogP contribution in [0.2, 0.25) is 0 Å². The van der Waals surface area contributed by atoms with Crippen LogP contribution in [0.25, 0.3) is 10.8 Å². The van der Waals surface area contributed by atoms with Crippen LogP contribution in [0.3, 0.4) is 0 Å². The topological polar surface area (TPSA) is 45.5 Å². The van der Waals surface area contributed by atoms with Gasteiger partial charge in [-0.15, -0.1) is 0 Å². The van der Waals surface area contributed by atoms with E-state index in [1.165, 1.54) is 0 Å². The predicted octanol–water partition coefficient (Wildman–Crippen LogP) is 2.43. The minimum absolute atomic E-state index is 0.613. The molecule has 3 heteroatoms. The van der Waals surface area contributed by atoms with Crippen LogP contribution in [0.15, 0.2) is 41.8 Å². The summed E-state index contributed by atoms with van der Waals surface area (Å²) in [5.74, 6) is 0. The maximum Gasteiger partial charge on any atom is 0.0843 e. The van der Waals surface area contributed by atoms with Crippen LogP contribution >= 0.6 is 0 Å². The van der Waals surface area contributed by atoms with Crippen molar-refractivity contribution < 1.29 is 5.21 Å². The highest BCUT2D eigenvalue weighted by Crippen LogP contribution is 2.17. The molecule has 0 atom stereocenters. The minimum Gasteiger partial charge on any atom is -0.411 e. The average molecular weight is 186 g/mol. The molecule has 1 aromatic carbocycles. The van der Waals surface area contributed by atoms with Gasteiger partial charge < -0.3 is 5.21 Å². The Bertz CT molecular complexity index is 486. The molecule has 0 fully saturated rings. The van der Waals surface area contributed by atoms with Crippen LogP contribution in [0.5, 0.6) is 0 Å². The standard InChI is InChI=1S/C11H10N2O/c1-8(13-14)10-4-2-3-9-7-12-6-5-11(9)10/h2-7,14H,1H3. The third-order valence-corrected chi connectivity index (χ3v) is 2.22. The van der Waals surface area contributed by atoms with Gasteiger partial charge in [0.2, 0.25) is 0 Å². The lowest BCUT2D eigenvalue weighted by atomic mass is 10.0. The number of aromatic nitrogens is 1. The van der Waals surface area contributed by atoms with Crippen molar-refractivity contribution in [1.29, 1.82) is 0 Å². The van der Waals surface area contributed by atoms with Gasteiger partial charge in [0, 0.05) is 23.3 Å². The van der Waals surface area contributed by atoms with E-state index < -0.39 is 0 Å². The lowest BCUT2D eigenvalue weighted by molar-refractivity contribution is 0.319. The van der Waals surface area contributed by atoms with E-state index >= 15 is 0 Å². The summed E-state index contributed by atoms with van der Waals surface area (Å²) < 4.78 is 0. The third-order valence-electron chi connectivity index (χ3n) is 2.22. The van der Waals surface area contributed by atoms with Crippen molar-refractivity contribution in [2.24, 2.45) is 5.16 Å². The first-order valence-corrected chi connectivity index (χ1v) is 4.34. The molecule has 0 aliphatic carbocycles. The summed E-state index contributed by atoms with van der Waals surface area (Å²) in [5.41, 5.74) is 1.55. The zero-order valence-electron chi connectivity index (χ0n) is 7.81. The highest BCUT2D eigenvalue weighted by atomic mass is 16.4. The Morgan fingerprint density at radius 3 is 3.00 bits per heavy atom. The largest absolute Gasteiger partial charge is 0.411 e. The van der Waals surface area contributed by atoms with E-state index in [1.54, 1.807) is 19.3 Å². The van der Waals surface area contributed by atoms with Crippen molar-refractivity contribution >= 4 is 16.5 Å². The summed E-state index contributed by atoms with van der Waals surface area (Å²) >= 11 is 0. The Hall–Kier alpha value is -1.90. The van der Waals surface area contributed by atoms with Crippen LogP contribution in [0.1, 0.15) is 12.5 Å². The highest BCUT2D eigenvalue weighted by molar-refractivity contribution is 6.09. The average Bonchev–Trinajstić information content (AvgIpc) is 2.27. The van der Waals surface area contributed by atoms with E-state index in [9.17, 15) is 0 Å². The first-order chi connectivity index (χ1) is 6.83. The molecule has 1 heterocycles. The van der Waals surface area contributed by atoms with Crippen LogP contribution in [-0.4, -0.2) is 15.9 Å². The quantitative estimate of drug-likeness (QED) is 0.422. The Morgan fingerprint density at radius 1 is 1.36 bits per heavy atom. The summed E-state index contributed by atoms with van der Waals surface area (Å²) in [6, 6.07) is 7.75. The van der Waals surface area contributed by atoms with Gasteiger partial charge >= 0.3 is 0 Å². The summed E-state index contributed by atoms with van der Waals surface area (Å²) in [4.78, 5) is 4.04. The monoisotopic (exact) mass is 186 g/mol. The molecule has 0 spiro atoms. The van der Waals surface area contributed by atoms with Gasteiger partial charge in [-0.1, -0.05) is 23.4 Å². The smallest absolute Gasteiger partial charge is 0.0843 e. The zero-order chi connectivity index (χ0) is 9.97. The summed E-state index contributed by atoms with van der Waals surface area (Å²) in [6.45, 7) is 1.77. The second kappa shape index (κ2) is 3.46. The SMILES string of the molecule is CC(=NO)c1cccc2cnccc12. The molecule has 0 bridgehead atoms. The van der Waals surface area contributed by atoms with Crippen molar-refractivity contribution in [2.75, 3.05) is 0 Å². The van der Waals surface area contributed by atoms with Crippen molar-refractivity contribution in [3.05, 3.63) is 42.2 Å². The first kappa shape index (κ1) is 8.69. The lowest BCUT2D eigenvalue weighted by Crippen LogP contribution is -1.95. The molecule has 2 aromatic rings. The van der Waals surface area contributed by atoms with Gasteiger partial charge in [-0.3, -0.25) is 4.98 Å². The van der Waals surface area contributed by atoms with Crippen LogP contribution in [0, 0.1) is 0 Å². The summed E-state index contributed by atoms with van der Waals surface area (Å²) in [6.07, 6.45) is 3.53. The fourth-order valence-corrected chi connectivity index (χ4v) is 1.49. The maximum atomic E-state index is 8.72. The summed E-state index contributed by atoms with van der Waals surface area (Å²) in [5, 5.41) is 14.0. The van der Waals surface area contributed by atoms with Gasteiger partial charge in [-0.25, -0.2) is 0 Å². The normalized spacial score (nSPS) is 11.9. The number of hydrogen-bond donors (Lipinski definition) is 1. The highest BCUT2D eigenvalue weighted by Gasteiger charge is 2.02. The van der Waals surface area contributed by atoms with E-state index in [2.05, 4.69) is 10.1 Å². The number of fused-ring (bicyclic) bond motifs is 1. The maximum absolute atomic E-state index is 8.72. The Morgan fingerprint density at radius 2 is 2.21 bits per heavy atom. The molecule has 0 saturated heterocycles. The van der Waals surface area contributed by atoms with Gasteiger partial charge in [0.25, 0.3) is 0 Å². The molecule has 1 aromatic heterocycles. The van der Waals surface area contributed by atoms with E-state index in [1.807, 2.05) is 24.3 Å². The number of rotatable bonds is 1. The molecule has 2 rings (SSSR count). The fraction of sp³-hybridized carbons (Fsp3) is 0.0909.